The summed E-state index contributed by atoms with van der Waals surface area (Å²) in [4.78, 5) is 0. The van der Waals surface area contributed by atoms with Crippen LogP contribution >= 0.6 is 11.6 Å². The summed E-state index contributed by atoms with van der Waals surface area (Å²) < 4.78 is 24.7. The standard InChI is InChI=1S/C12H13ClFNO2/c13-10-11(14)8(3-1-4-15)7-9-12(10)17-6-2-5-16-9/h1,3,7H,2,4-6,15H2/b3-1+. The highest BCUT2D eigenvalue weighted by Gasteiger charge is 2.20. The van der Waals surface area contributed by atoms with E-state index in [9.17, 15) is 4.39 Å². The number of halogens is 2. The molecule has 1 aromatic carbocycles. The minimum absolute atomic E-state index is 0.0407. The van der Waals surface area contributed by atoms with Crippen LogP contribution in [-0.2, 0) is 0 Å². The van der Waals surface area contributed by atoms with E-state index < -0.39 is 5.82 Å². The summed E-state index contributed by atoms with van der Waals surface area (Å²) in [5, 5.41) is -0.0407. The van der Waals surface area contributed by atoms with E-state index in [4.69, 9.17) is 26.8 Å². The van der Waals surface area contributed by atoms with Crippen LogP contribution in [0.2, 0.25) is 5.02 Å². The molecule has 1 aliphatic rings. The van der Waals surface area contributed by atoms with Crippen LogP contribution in [0.1, 0.15) is 12.0 Å². The Bertz CT molecular complexity index is 449. The van der Waals surface area contributed by atoms with Crippen LogP contribution in [0.4, 0.5) is 4.39 Å². The normalized spacial score (nSPS) is 15.0. The van der Waals surface area contributed by atoms with Crippen molar-refractivity contribution in [1.29, 1.82) is 0 Å². The van der Waals surface area contributed by atoms with Crippen molar-refractivity contribution >= 4 is 17.7 Å². The first-order valence-electron chi connectivity index (χ1n) is 5.38. The smallest absolute Gasteiger partial charge is 0.182 e. The molecule has 0 spiro atoms. The Morgan fingerprint density at radius 1 is 1.41 bits per heavy atom. The van der Waals surface area contributed by atoms with E-state index in [0.29, 0.717) is 31.1 Å². The third-order valence-corrected chi connectivity index (χ3v) is 2.72. The summed E-state index contributed by atoms with van der Waals surface area (Å²) in [5.41, 5.74) is 5.68. The molecule has 17 heavy (non-hydrogen) atoms. The maximum absolute atomic E-state index is 13.9. The van der Waals surface area contributed by atoms with Gasteiger partial charge < -0.3 is 15.2 Å². The summed E-state index contributed by atoms with van der Waals surface area (Å²) in [6.07, 6.45) is 3.98. The molecule has 1 aliphatic heterocycles. The van der Waals surface area contributed by atoms with E-state index in [1.54, 1.807) is 18.2 Å². The quantitative estimate of drug-likeness (QED) is 0.886. The van der Waals surface area contributed by atoms with Gasteiger partial charge in [0.2, 0.25) is 0 Å². The van der Waals surface area contributed by atoms with Crippen LogP contribution < -0.4 is 15.2 Å². The highest BCUT2D eigenvalue weighted by atomic mass is 35.5. The molecule has 0 fully saturated rings. The summed E-state index contributed by atoms with van der Waals surface area (Å²) in [7, 11) is 0. The Morgan fingerprint density at radius 2 is 2.18 bits per heavy atom. The molecule has 1 aromatic rings. The average Bonchev–Trinajstić information content (AvgIpc) is 2.57. The third kappa shape index (κ3) is 2.53. The first-order chi connectivity index (χ1) is 8.24. The fourth-order valence-corrected chi connectivity index (χ4v) is 1.83. The maximum atomic E-state index is 13.9. The van der Waals surface area contributed by atoms with Gasteiger partial charge in [0.25, 0.3) is 0 Å². The first-order valence-corrected chi connectivity index (χ1v) is 5.76. The highest BCUT2D eigenvalue weighted by molar-refractivity contribution is 6.32. The largest absolute Gasteiger partial charge is 0.489 e. The second-order valence-corrected chi connectivity index (χ2v) is 3.99. The zero-order chi connectivity index (χ0) is 12.3. The van der Waals surface area contributed by atoms with Crippen LogP contribution in [0.3, 0.4) is 0 Å². The van der Waals surface area contributed by atoms with Gasteiger partial charge in [-0.2, -0.15) is 0 Å². The van der Waals surface area contributed by atoms with Crippen LogP contribution in [-0.4, -0.2) is 19.8 Å². The molecule has 1 heterocycles. The molecule has 0 saturated carbocycles. The number of ether oxygens (including phenoxy) is 2. The SMILES string of the molecule is NC/C=C/c1cc2c(c(Cl)c1F)OCCCO2. The van der Waals surface area contributed by atoms with E-state index in [1.807, 2.05) is 0 Å². The average molecular weight is 258 g/mol. The first kappa shape index (κ1) is 12.2. The second-order valence-electron chi connectivity index (χ2n) is 3.61. The zero-order valence-electron chi connectivity index (χ0n) is 9.21. The molecule has 5 heteroatoms. The van der Waals surface area contributed by atoms with E-state index in [1.165, 1.54) is 0 Å². The van der Waals surface area contributed by atoms with Gasteiger partial charge in [0.05, 0.1) is 13.2 Å². The fourth-order valence-electron chi connectivity index (χ4n) is 1.58. The number of hydrogen-bond acceptors (Lipinski definition) is 3. The van der Waals surface area contributed by atoms with E-state index in [0.717, 1.165) is 6.42 Å². The Kier molecular flexibility index (Phi) is 3.86. The van der Waals surface area contributed by atoms with E-state index >= 15 is 0 Å². The van der Waals surface area contributed by atoms with E-state index in [-0.39, 0.29) is 10.8 Å². The Morgan fingerprint density at radius 3 is 2.94 bits per heavy atom. The Balaban J connectivity index is 2.47. The van der Waals surface area contributed by atoms with Gasteiger partial charge in [0, 0.05) is 18.5 Å². The summed E-state index contributed by atoms with van der Waals surface area (Å²) in [6.45, 7) is 1.35. The lowest BCUT2D eigenvalue weighted by Crippen LogP contribution is -1.97. The number of hydrogen-bond donors (Lipinski definition) is 1. The topological polar surface area (TPSA) is 44.5 Å². The van der Waals surface area contributed by atoms with Crippen molar-refractivity contribution in [2.24, 2.45) is 5.73 Å². The number of benzene rings is 1. The van der Waals surface area contributed by atoms with E-state index in [2.05, 4.69) is 0 Å². The van der Waals surface area contributed by atoms with Gasteiger partial charge in [-0.3, -0.25) is 0 Å². The summed E-state index contributed by atoms with van der Waals surface area (Å²) >= 11 is 5.92. The zero-order valence-corrected chi connectivity index (χ0v) is 9.97. The van der Waals surface area contributed by atoms with Gasteiger partial charge in [0.1, 0.15) is 5.02 Å². The van der Waals surface area contributed by atoms with Gasteiger partial charge in [-0.1, -0.05) is 23.8 Å². The van der Waals surface area contributed by atoms with Crippen molar-refractivity contribution in [2.45, 2.75) is 6.42 Å². The highest BCUT2D eigenvalue weighted by Crippen LogP contribution is 2.40. The van der Waals surface area contributed by atoms with Crippen molar-refractivity contribution in [3.05, 3.63) is 28.5 Å². The number of fused-ring (bicyclic) bond motifs is 1. The minimum Gasteiger partial charge on any atom is -0.489 e. The number of nitrogens with two attached hydrogens (primary N) is 1. The third-order valence-electron chi connectivity index (χ3n) is 2.38. The lowest BCUT2D eigenvalue weighted by Gasteiger charge is -2.11. The van der Waals surface area contributed by atoms with Crippen LogP contribution in [0, 0.1) is 5.82 Å². The molecule has 92 valence electrons. The fraction of sp³-hybridized carbons (Fsp3) is 0.333. The molecule has 0 radical (unpaired) electrons. The molecule has 0 aliphatic carbocycles. The minimum atomic E-state index is -0.513. The summed E-state index contributed by atoms with van der Waals surface area (Å²) in [6, 6.07) is 1.58. The van der Waals surface area contributed by atoms with Gasteiger partial charge in [-0.15, -0.1) is 0 Å². The lowest BCUT2D eigenvalue weighted by molar-refractivity contribution is 0.297. The van der Waals surface area contributed by atoms with Crippen molar-refractivity contribution in [1.82, 2.24) is 0 Å². The second kappa shape index (κ2) is 5.38. The monoisotopic (exact) mass is 257 g/mol. The molecule has 0 aromatic heterocycles. The molecule has 0 saturated heterocycles. The van der Waals surface area contributed by atoms with Gasteiger partial charge in [-0.25, -0.2) is 4.39 Å². The Hall–Kier alpha value is -1.26. The van der Waals surface area contributed by atoms with Crippen molar-refractivity contribution in [2.75, 3.05) is 19.8 Å². The molecule has 2 rings (SSSR count). The molecule has 0 bridgehead atoms. The molecule has 2 N–H and O–H groups in total. The van der Waals surface area contributed by atoms with Crippen LogP contribution in [0.15, 0.2) is 12.1 Å². The lowest BCUT2D eigenvalue weighted by atomic mass is 10.1. The van der Waals surface area contributed by atoms with Gasteiger partial charge in [0.15, 0.2) is 17.3 Å². The molecule has 0 amide bonds. The molecule has 0 atom stereocenters. The van der Waals surface area contributed by atoms with Crippen LogP contribution in [0.5, 0.6) is 11.5 Å². The van der Waals surface area contributed by atoms with Gasteiger partial charge in [-0.05, 0) is 6.07 Å². The molecular weight excluding hydrogens is 245 g/mol. The van der Waals surface area contributed by atoms with Crippen molar-refractivity contribution in [3.63, 3.8) is 0 Å². The van der Waals surface area contributed by atoms with Crippen molar-refractivity contribution in [3.8, 4) is 11.5 Å². The molecule has 3 nitrogen and oxygen atoms in total. The molecule has 0 unspecified atom stereocenters. The van der Waals surface area contributed by atoms with Crippen LogP contribution in [0.25, 0.3) is 6.08 Å². The van der Waals surface area contributed by atoms with Gasteiger partial charge >= 0.3 is 0 Å². The predicted octanol–water partition coefficient (Wildman–Crippen LogP) is 2.61. The number of rotatable bonds is 2. The van der Waals surface area contributed by atoms with Crippen molar-refractivity contribution < 1.29 is 13.9 Å². The predicted molar refractivity (Wildman–Crippen MR) is 65.1 cm³/mol. The summed E-state index contributed by atoms with van der Waals surface area (Å²) in [5.74, 6) is 0.248. The Labute approximate surface area is 104 Å². The molecular formula is C12H13ClFNO2. The maximum Gasteiger partial charge on any atom is 0.182 e.